The Morgan fingerprint density at radius 3 is 2.40 bits per heavy atom. The summed E-state index contributed by atoms with van der Waals surface area (Å²) in [5.74, 6) is -3.23. The SMILES string of the molecule is CC(C(=O)O)C(=O)NC(C)c1ccccc1OC(F)F. The smallest absolute Gasteiger partial charge is 0.387 e. The van der Waals surface area contributed by atoms with E-state index in [0.29, 0.717) is 5.56 Å². The Hall–Kier alpha value is -2.18. The number of rotatable bonds is 6. The van der Waals surface area contributed by atoms with E-state index in [4.69, 9.17) is 5.11 Å². The molecule has 0 aliphatic rings. The second-order valence-electron chi connectivity index (χ2n) is 4.21. The average Bonchev–Trinajstić information content (AvgIpc) is 2.37. The molecule has 0 aromatic heterocycles. The van der Waals surface area contributed by atoms with Gasteiger partial charge in [-0.2, -0.15) is 8.78 Å². The van der Waals surface area contributed by atoms with E-state index in [1.165, 1.54) is 25.1 Å². The number of halogens is 2. The molecule has 7 heteroatoms. The van der Waals surface area contributed by atoms with Gasteiger partial charge in [-0.05, 0) is 19.9 Å². The zero-order valence-electron chi connectivity index (χ0n) is 11.0. The highest BCUT2D eigenvalue weighted by Crippen LogP contribution is 2.26. The van der Waals surface area contributed by atoms with Crippen LogP contribution < -0.4 is 10.1 Å². The minimum Gasteiger partial charge on any atom is -0.481 e. The minimum atomic E-state index is -2.98. The molecule has 1 aromatic carbocycles. The van der Waals surface area contributed by atoms with Gasteiger partial charge in [-0.25, -0.2) is 0 Å². The van der Waals surface area contributed by atoms with Crippen LogP contribution >= 0.6 is 0 Å². The van der Waals surface area contributed by atoms with Gasteiger partial charge in [0, 0.05) is 5.56 Å². The van der Waals surface area contributed by atoms with Crippen LogP contribution in [0.3, 0.4) is 0 Å². The zero-order valence-corrected chi connectivity index (χ0v) is 11.0. The van der Waals surface area contributed by atoms with Crippen LogP contribution in [-0.4, -0.2) is 23.6 Å². The van der Waals surface area contributed by atoms with E-state index in [1.807, 2.05) is 0 Å². The van der Waals surface area contributed by atoms with Gasteiger partial charge in [0.2, 0.25) is 5.91 Å². The Morgan fingerprint density at radius 2 is 1.85 bits per heavy atom. The molecule has 5 nitrogen and oxygen atoms in total. The molecule has 2 unspecified atom stereocenters. The largest absolute Gasteiger partial charge is 0.481 e. The molecule has 0 spiro atoms. The van der Waals surface area contributed by atoms with Crippen molar-refractivity contribution in [2.45, 2.75) is 26.5 Å². The number of carboxylic acid groups (broad SMARTS) is 1. The summed E-state index contributed by atoms with van der Waals surface area (Å²) in [4.78, 5) is 22.3. The standard InChI is InChI=1S/C13H15F2NO4/c1-7(12(18)19)11(17)16-8(2)9-5-3-4-6-10(9)20-13(14)15/h3-8,13H,1-2H3,(H,16,17)(H,18,19). The number of carboxylic acids is 1. The quantitative estimate of drug-likeness (QED) is 0.786. The van der Waals surface area contributed by atoms with Gasteiger partial charge in [0.15, 0.2) is 0 Å². The van der Waals surface area contributed by atoms with Crippen molar-refractivity contribution >= 4 is 11.9 Å². The molecule has 1 rings (SSSR count). The fraction of sp³-hybridized carbons (Fsp3) is 0.385. The Labute approximate surface area is 114 Å². The molecule has 0 saturated heterocycles. The van der Waals surface area contributed by atoms with Crippen LogP contribution in [0.4, 0.5) is 8.78 Å². The summed E-state index contributed by atoms with van der Waals surface area (Å²) in [5.41, 5.74) is 0.346. The molecule has 20 heavy (non-hydrogen) atoms. The molecule has 0 bridgehead atoms. The third-order valence-electron chi connectivity index (χ3n) is 2.72. The van der Waals surface area contributed by atoms with Crippen LogP contribution in [0.2, 0.25) is 0 Å². The second-order valence-corrected chi connectivity index (χ2v) is 4.21. The van der Waals surface area contributed by atoms with E-state index in [2.05, 4.69) is 10.1 Å². The van der Waals surface area contributed by atoms with E-state index in [1.54, 1.807) is 13.0 Å². The topological polar surface area (TPSA) is 75.6 Å². The summed E-state index contributed by atoms with van der Waals surface area (Å²) in [5, 5.41) is 11.2. The van der Waals surface area contributed by atoms with E-state index in [9.17, 15) is 18.4 Å². The first-order chi connectivity index (χ1) is 9.32. The zero-order chi connectivity index (χ0) is 15.3. The molecule has 0 radical (unpaired) electrons. The third-order valence-corrected chi connectivity index (χ3v) is 2.72. The lowest BCUT2D eigenvalue weighted by molar-refractivity contribution is -0.146. The molecule has 110 valence electrons. The number of ether oxygens (including phenoxy) is 1. The highest BCUT2D eigenvalue weighted by Gasteiger charge is 2.23. The molecule has 2 atom stereocenters. The van der Waals surface area contributed by atoms with Gasteiger partial charge in [-0.15, -0.1) is 0 Å². The fourth-order valence-corrected chi connectivity index (χ4v) is 1.57. The van der Waals surface area contributed by atoms with Crippen molar-refractivity contribution in [1.29, 1.82) is 0 Å². The van der Waals surface area contributed by atoms with Crippen molar-refractivity contribution < 1.29 is 28.2 Å². The van der Waals surface area contributed by atoms with Crippen molar-refractivity contribution in [3.8, 4) is 5.75 Å². The number of carbonyl (C=O) groups excluding carboxylic acids is 1. The first-order valence-corrected chi connectivity index (χ1v) is 5.89. The minimum absolute atomic E-state index is 0.0571. The Morgan fingerprint density at radius 1 is 1.25 bits per heavy atom. The number of hydrogen-bond acceptors (Lipinski definition) is 3. The molecule has 0 saturated carbocycles. The molecule has 0 aliphatic carbocycles. The lowest BCUT2D eigenvalue weighted by atomic mass is 10.1. The number of alkyl halides is 2. The van der Waals surface area contributed by atoms with Crippen molar-refractivity contribution in [3.63, 3.8) is 0 Å². The van der Waals surface area contributed by atoms with Gasteiger partial charge in [-0.3, -0.25) is 9.59 Å². The van der Waals surface area contributed by atoms with E-state index in [-0.39, 0.29) is 5.75 Å². The highest BCUT2D eigenvalue weighted by molar-refractivity contribution is 5.96. The van der Waals surface area contributed by atoms with Crippen molar-refractivity contribution in [1.82, 2.24) is 5.32 Å². The lowest BCUT2D eigenvalue weighted by Gasteiger charge is -2.19. The van der Waals surface area contributed by atoms with Crippen LogP contribution in [-0.2, 0) is 9.59 Å². The van der Waals surface area contributed by atoms with Crippen LogP contribution in [0.15, 0.2) is 24.3 Å². The van der Waals surface area contributed by atoms with Gasteiger partial charge >= 0.3 is 12.6 Å². The van der Waals surface area contributed by atoms with E-state index in [0.717, 1.165) is 0 Å². The maximum absolute atomic E-state index is 12.3. The molecule has 2 N–H and O–H groups in total. The molecular weight excluding hydrogens is 272 g/mol. The molecule has 0 heterocycles. The van der Waals surface area contributed by atoms with E-state index < -0.39 is 30.4 Å². The van der Waals surface area contributed by atoms with E-state index >= 15 is 0 Å². The van der Waals surface area contributed by atoms with Gasteiger partial charge in [0.25, 0.3) is 0 Å². The average molecular weight is 287 g/mol. The third kappa shape index (κ3) is 4.18. The molecule has 0 aliphatic heterocycles. The number of carbonyl (C=O) groups is 2. The van der Waals surface area contributed by atoms with Gasteiger partial charge < -0.3 is 15.2 Å². The molecule has 0 fully saturated rings. The molecular formula is C13H15F2NO4. The monoisotopic (exact) mass is 287 g/mol. The summed E-state index contributed by atoms with van der Waals surface area (Å²) in [6.45, 7) is -0.177. The highest BCUT2D eigenvalue weighted by atomic mass is 19.3. The molecule has 1 amide bonds. The van der Waals surface area contributed by atoms with Crippen LogP contribution in [0.25, 0.3) is 0 Å². The first-order valence-electron chi connectivity index (χ1n) is 5.89. The predicted octanol–water partition coefficient (Wildman–Crippen LogP) is 2.19. The Bertz CT molecular complexity index is 493. The van der Waals surface area contributed by atoms with Gasteiger partial charge in [0.1, 0.15) is 11.7 Å². The summed E-state index contributed by atoms with van der Waals surface area (Å²) in [7, 11) is 0. The van der Waals surface area contributed by atoms with Crippen LogP contribution in [0, 0.1) is 5.92 Å². The van der Waals surface area contributed by atoms with Crippen LogP contribution in [0.1, 0.15) is 25.5 Å². The maximum atomic E-state index is 12.3. The summed E-state index contributed by atoms with van der Waals surface area (Å²) in [6.07, 6.45) is 0. The number of amides is 1. The fourth-order valence-electron chi connectivity index (χ4n) is 1.57. The van der Waals surface area contributed by atoms with Gasteiger partial charge in [0.05, 0.1) is 6.04 Å². The summed E-state index contributed by atoms with van der Waals surface area (Å²) < 4.78 is 28.9. The molecule has 1 aromatic rings. The van der Waals surface area contributed by atoms with Crippen molar-refractivity contribution in [3.05, 3.63) is 29.8 Å². The normalized spacial score (nSPS) is 13.7. The first kappa shape index (κ1) is 15.9. The number of hydrogen-bond donors (Lipinski definition) is 2. The Kier molecular flexibility index (Phi) is 5.42. The van der Waals surface area contributed by atoms with Gasteiger partial charge in [-0.1, -0.05) is 18.2 Å². The second kappa shape index (κ2) is 6.83. The lowest BCUT2D eigenvalue weighted by Crippen LogP contribution is -2.35. The summed E-state index contributed by atoms with van der Waals surface area (Å²) in [6, 6.07) is 5.35. The maximum Gasteiger partial charge on any atom is 0.387 e. The Balaban J connectivity index is 2.84. The van der Waals surface area contributed by atoms with Crippen LogP contribution in [0.5, 0.6) is 5.75 Å². The number of aliphatic carboxylic acids is 1. The number of nitrogens with one attached hydrogen (secondary N) is 1. The number of benzene rings is 1. The predicted molar refractivity (Wildman–Crippen MR) is 66.4 cm³/mol. The summed E-state index contributed by atoms with van der Waals surface area (Å²) >= 11 is 0. The van der Waals surface area contributed by atoms with Crippen molar-refractivity contribution in [2.75, 3.05) is 0 Å². The number of para-hydroxylation sites is 1. The van der Waals surface area contributed by atoms with Crippen molar-refractivity contribution in [2.24, 2.45) is 5.92 Å².